The van der Waals surface area contributed by atoms with Gasteiger partial charge in [-0.3, -0.25) is 0 Å². The van der Waals surface area contributed by atoms with Crippen molar-refractivity contribution in [2.24, 2.45) is 0 Å². The molecule has 1 saturated heterocycles. The third-order valence-corrected chi connectivity index (χ3v) is 6.11. The molecule has 0 saturated carbocycles. The molecule has 192 valence electrons. The van der Waals surface area contributed by atoms with Crippen LogP contribution in [0, 0.1) is 11.6 Å². The van der Waals surface area contributed by atoms with E-state index in [0.717, 1.165) is 43.4 Å². The summed E-state index contributed by atoms with van der Waals surface area (Å²) < 4.78 is 106. The number of hydrogen-bond acceptors (Lipinski definition) is 2. The third kappa shape index (κ3) is 5.67. The molecule has 1 aliphatic heterocycles. The van der Waals surface area contributed by atoms with E-state index in [0.29, 0.717) is 17.2 Å². The molecular formula is C27H23F7O2. The van der Waals surface area contributed by atoms with Gasteiger partial charge in [-0.1, -0.05) is 43.7 Å². The number of benzene rings is 3. The normalized spacial score (nSPS) is 18.4. The van der Waals surface area contributed by atoms with E-state index in [1.807, 2.05) is 12.1 Å². The standard InChI is InChI=1S/C27H23F7O2/c1-2-3-19-10-13-25(35-19)17-6-4-16(5-7-17)18-8-11-22(23(28)14-18)27(33,34)36-20-9-12-21(24(29)15-20)26(30,31)32/h4-9,11-12,14-15,19,25H,2-3,10,13H2,1H3. The van der Waals surface area contributed by atoms with Gasteiger partial charge < -0.3 is 9.47 Å². The van der Waals surface area contributed by atoms with Gasteiger partial charge in [0.2, 0.25) is 0 Å². The molecule has 0 spiro atoms. The highest BCUT2D eigenvalue weighted by Gasteiger charge is 2.39. The molecule has 1 aliphatic rings. The molecule has 1 fully saturated rings. The van der Waals surface area contributed by atoms with Crippen LogP contribution in [0.15, 0.2) is 60.7 Å². The Morgan fingerprint density at radius 1 is 0.806 bits per heavy atom. The first-order chi connectivity index (χ1) is 17.0. The molecule has 0 aliphatic carbocycles. The monoisotopic (exact) mass is 512 g/mol. The van der Waals surface area contributed by atoms with Crippen LogP contribution in [0.3, 0.4) is 0 Å². The number of halogens is 7. The molecule has 9 heteroatoms. The van der Waals surface area contributed by atoms with Crippen molar-refractivity contribution in [2.45, 2.75) is 57.1 Å². The Bertz CT molecular complexity index is 1210. The molecule has 0 amide bonds. The zero-order chi connectivity index (χ0) is 26.1. The van der Waals surface area contributed by atoms with Gasteiger partial charge in [0.15, 0.2) is 0 Å². The maximum Gasteiger partial charge on any atom is 0.429 e. The average Bonchev–Trinajstić information content (AvgIpc) is 3.27. The molecule has 2 unspecified atom stereocenters. The lowest BCUT2D eigenvalue weighted by atomic mass is 9.99. The first-order valence-corrected chi connectivity index (χ1v) is 11.5. The minimum absolute atomic E-state index is 0.0133. The fraction of sp³-hybridized carbons (Fsp3) is 0.333. The molecule has 0 aromatic heterocycles. The molecular weight excluding hydrogens is 489 g/mol. The van der Waals surface area contributed by atoms with E-state index in [1.165, 1.54) is 6.07 Å². The second kappa shape index (κ2) is 10.1. The van der Waals surface area contributed by atoms with E-state index in [1.54, 1.807) is 12.1 Å². The van der Waals surface area contributed by atoms with Crippen molar-refractivity contribution < 1.29 is 40.2 Å². The molecule has 36 heavy (non-hydrogen) atoms. The highest BCUT2D eigenvalue weighted by atomic mass is 19.4. The van der Waals surface area contributed by atoms with Crippen LogP contribution >= 0.6 is 0 Å². The molecule has 0 N–H and O–H groups in total. The van der Waals surface area contributed by atoms with Crippen LogP contribution in [0.2, 0.25) is 0 Å². The highest BCUT2D eigenvalue weighted by molar-refractivity contribution is 5.64. The minimum atomic E-state index is -4.99. The van der Waals surface area contributed by atoms with Crippen LogP contribution in [0.4, 0.5) is 30.7 Å². The summed E-state index contributed by atoms with van der Waals surface area (Å²) >= 11 is 0. The molecule has 1 heterocycles. The number of ether oxygens (including phenoxy) is 2. The van der Waals surface area contributed by atoms with E-state index in [2.05, 4.69) is 11.7 Å². The summed E-state index contributed by atoms with van der Waals surface area (Å²) in [5.74, 6) is -3.94. The van der Waals surface area contributed by atoms with Crippen molar-refractivity contribution in [3.05, 3.63) is 89.0 Å². The average molecular weight is 512 g/mol. The number of alkyl halides is 5. The van der Waals surface area contributed by atoms with E-state index < -0.39 is 40.8 Å². The Kier molecular flexibility index (Phi) is 7.31. The minimum Gasteiger partial charge on any atom is -0.429 e. The fourth-order valence-electron chi connectivity index (χ4n) is 4.30. The van der Waals surface area contributed by atoms with E-state index in [4.69, 9.17) is 4.74 Å². The van der Waals surface area contributed by atoms with Gasteiger partial charge in [0.1, 0.15) is 17.4 Å². The van der Waals surface area contributed by atoms with Gasteiger partial charge in [0.25, 0.3) is 0 Å². The predicted molar refractivity (Wildman–Crippen MR) is 120 cm³/mol. The zero-order valence-corrected chi connectivity index (χ0v) is 19.2. The summed E-state index contributed by atoms with van der Waals surface area (Å²) in [6.45, 7) is 2.10. The summed E-state index contributed by atoms with van der Waals surface area (Å²) in [7, 11) is 0. The van der Waals surface area contributed by atoms with Crippen LogP contribution in [-0.2, 0) is 17.0 Å². The van der Waals surface area contributed by atoms with Crippen molar-refractivity contribution in [3.8, 4) is 16.9 Å². The summed E-state index contributed by atoms with van der Waals surface area (Å²) in [6.07, 6.45) is -5.08. The lowest BCUT2D eigenvalue weighted by Crippen LogP contribution is -2.23. The Hall–Kier alpha value is -3.07. The fourth-order valence-corrected chi connectivity index (χ4v) is 4.30. The maximum absolute atomic E-state index is 14.7. The van der Waals surface area contributed by atoms with E-state index in [9.17, 15) is 30.7 Å². The van der Waals surface area contributed by atoms with Crippen LogP contribution < -0.4 is 4.74 Å². The topological polar surface area (TPSA) is 18.5 Å². The van der Waals surface area contributed by atoms with Gasteiger partial charge in [-0.2, -0.15) is 22.0 Å². The molecule has 2 nitrogen and oxygen atoms in total. The Balaban J connectivity index is 1.49. The van der Waals surface area contributed by atoms with Gasteiger partial charge in [0, 0.05) is 6.07 Å². The first kappa shape index (κ1) is 26.0. The number of hydrogen-bond donors (Lipinski definition) is 0. The lowest BCUT2D eigenvalue weighted by molar-refractivity contribution is -0.187. The number of rotatable bonds is 7. The Morgan fingerprint density at radius 2 is 1.44 bits per heavy atom. The van der Waals surface area contributed by atoms with E-state index in [-0.39, 0.29) is 24.3 Å². The van der Waals surface area contributed by atoms with Gasteiger partial charge in [-0.25, -0.2) is 8.78 Å². The third-order valence-electron chi connectivity index (χ3n) is 6.11. The molecule has 0 bridgehead atoms. The lowest BCUT2D eigenvalue weighted by Gasteiger charge is -2.20. The van der Waals surface area contributed by atoms with Crippen LogP contribution in [0.25, 0.3) is 11.1 Å². The van der Waals surface area contributed by atoms with Gasteiger partial charge in [-0.15, -0.1) is 0 Å². The Morgan fingerprint density at radius 3 is 2.06 bits per heavy atom. The van der Waals surface area contributed by atoms with Crippen LogP contribution in [0.5, 0.6) is 5.75 Å². The second-order valence-corrected chi connectivity index (χ2v) is 8.69. The van der Waals surface area contributed by atoms with Gasteiger partial charge in [0.05, 0.1) is 23.3 Å². The van der Waals surface area contributed by atoms with Crippen molar-refractivity contribution in [2.75, 3.05) is 0 Å². The SMILES string of the molecule is CCCC1CCC(c2ccc(-c3ccc(C(F)(F)Oc4ccc(C(F)(F)F)c(F)c4)c(F)c3)cc2)O1. The summed E-state index contributed by atoms with van der Waals surface area (Å²) in [4.78, 5) is 0. The van der Waals surface area contributed by atoms with Crippen LogP contribution in [0.1, 0.15) is 55.4 Å². The molecule has 3 aromatic rings. The summed E-state index contributed by atoms with van der Waals surface area (Å²) in [5, 5.41) is 0. The Labute approximate surface area is 203 Å². The van der Waals surface area contributed by atoms with Gasteiger partial charge >= 0.3 is 12.3 Å². The van der Waals surface area contributed by atoms with Crippen molar-refractivity contribution in [1.82, 2.24) is 0 Å². The zero-order valence-electron chi connectivity index (χ0n) is 19.2. The predicted octanol–water partition coefficient (Wildman–Crippen LogP) is 8.80. The maximum atomic E-state index is 14.7. The molecule has 0 radical (unpaired) electrons. The first-order valence-electron chi connectivity index (χ1n) is 11.5. The molecule has 3 aromatic carbocycles. The van der Waals surface area contributed by atoms with E-state index >= 15 is 0 Å². The van der Waals surface area contributed by atoms with Crippen LogP contribution in [-0.4, -0.2) is 6.10 Å². The molecule has 4 rings (SSSR count). The molecule has 2 atom stereocenters. The second-order valence-electron chi connectivity index (χ2n) is 8.69. The van der Waals surface area contributed by atoms with Crippen molar-refractivity contribution >= 4 is 0 Å². The highest BCUT2D eigenvalue weighted by Crippen LogP contribution is 2.38. The quantitative estimate of drug-likeness (QED) is 0.295. The smallest absolute Gasteiger partial charge is 0.429 e. The van der Waals surface area contributed by atoms with Crippen molar-refractivity contribution in [3.63, 3.8) is 0 Å². The summed E-state index contributed by atoms with van der Waals surface area (Å²) in [6, 6.07) is 11.3. The largest absolute Gasteiger partial charge is 0.429 e. The summed E-state index contributed by atoms with van der Waals surface area (Å²) in [5.41, 5.74) is -0.834. The van der Waals surface area contributed by atoms with Crippen molar-refractivity contribution in [1.29, 1.82) is 0 Å². The van der Waals surface area contributed by atoms with Gasteiger partial charge in [-0.05, 0) is 60.2 Å².